The zero-order valence-corrected chi connectivity index (χ0v) is 10.4. The first-order valence-electron chi connectivity index (χ1n) is 5.49. The number of rotatable bonds is 7. The number of carbonyl (C=O) groups excluding carboxylic acids is 1. The molecule has 8 heteroatoms. The van der Waals surface area contributed by atoms with Gasteiger partial charge in [-0.2, -0.15) is 0 Å². The van der Waals surface area contributed by atoms with Crippen molar-refractivity contribution in [3.63, 3.8) is 0 Å². The quantitative estimate of drug-likeness (QED) is 0.256. The maximum atomic E-state index is 11.7. The van der Waals surface area contributed by atoms with E-state index in [0.717, 1.165) is 5.69 Å². The number of methoxy groups -OCH3 is 1. The third-order valence-electron chi connectivity index (χ3n) is 2.43. The molecule has 0 saturated heterocycles. The van der Waals surface area contributed by atoms with Crippen molar-refractivity contribution in [2.45, 2.75) is 12.5 Å². The fourth-order valence-corrected chi connectivity index (χ4v) is 1.51. The molecule has 1 rings (SSSR count). The number of esters is 1. The number of hydrogen-bond donors (Lipinski definition) is 1. The fraction of sp³-hybridized carbons (Fsp3) is 0.600. The predicted molar refractivity (Wildman–Crippen MR) is 64.6 cm³/mol. The molecule has 8 nitrogen and oxygen atoms in total. The van der Waals surface area contributed by atoms with Gasteiger partial charge in [0.2, 0.25) is 0 Å². The normalized spacial score (nSPS) is 11.7. The van der Waals surface area contributed by atoms with Crippen LogP contribution in [0, 0.1) is 0 Å². The summed E-state index contributed by atoms with van der Waals surface area (Å²) in [5.41, 5.74) is 8.87. The topological polar surface area (TPSA) is 105 Å². The number of nitrogens with zero attached hydrogens (tertiary/aromatic N) is 5. The molecule has 0 aliphatic heterocycles. The van der Waals surface area contributed by atoms with Gasteiger partial charge in [0.1, 0.15) is 6.04 Å². The number of hydrogen-bond acceptors (Lipinski definition) is 5. The smallest absolute Gasteiger partial charge is 0.329 e. The van der Waals surface area contributed by atoms with E-state index in [9.17, 15) is 4.79 Å². The largest absolute Gasteiger partial charge is 0.468 e. The molecule has 0 spiro atoms. The minimum Gasteiger partial charge on any atom is -0.468 e. The monoisotopic (exact) mass is 252 g/mol. The number of imidazole rings is 1. The molecule has 1 heterocycles. The average Bonchev–Trinajstić information content (AvgIpc) is 2.79. The number of aryl methyl sites for hydroxylation is 1. The fourth-order valence-electron chi connectivity index (χ4n) is 1.51. The Bertz CT molecular complexity index is 437. The van der Waals surface area contributed by atoms with E-state index >= 15 is 0 Å². The van der Waals surface area contributed by atoms with E-state index in [0.29, 0.717) is 19.5 Å². The molecular weight excluding hydrogens is 236 g/mol. The molecule has 0 aliphatic carbocycles. The van der Waals surface area contributed by atoms with Crippen LogP contribution in [-0.4, -0.2) is 35.7 Å². The van der Waals surface area contributed by atoms with Gasteiger partial charge in [0, 0.05) is 18.5 Å². The van der Waals surface area contributed by atoms with Crippen molar-refractivity contribution in [3.05, 3.63) is 28.7 Å². The van der Waals surface area contributed by atoms with Crippen LogP contribution in [0.3, 0.4) is 0 Å². The van der Waals surface area contributed by atoms with Gasteiger partial charge in [0.25, 0.3) is 0 Å². The van der Waals surface area contributed by atoms with Gasteiger partial charge < -0.3 is 9.30 Å². The van der Waals surface area contributed by atoms with Crippen molar-refractivity contribution in [2.24, 2.45) is 12.2 Å². The summed E-state index contributed by atoms with van der Waals surface area (Å²) in [6.45, 7) is 0.937. The Morgan fingerprint density at radius 1 is 1.78 bits per heavy atom. The van der Waals surface area contributed by atoms with Gasteiger partial charge in [-0.1, -0.05) is 5.11 Å². The Morgan fingerprint density at radius 3 is 3.11 bits per heavy atom. The molecule has 0 aliphatic rings. The Morgan fingerprint density at radius 2 is 2.56 bits per heavy atom. The van der Waals surface area contributed by atoms with E-state index in [2.05, 4.69) is 20.3 Å². The van der Waals surface area contributed by atoms with Gasteiger partial charge in [0.05, 0.1) is 25.3 Å². The summed E-state index contributed by atoms with van der Waals surface area (Å²) in [6, 6.07) is -0.562. The molecule has 1 unspecified atom stereocenters. The summed E-state index contributed by atoms with van der Waals surface area (Å²) in [4.78, 5) is 18.3. The number of azide groups is 1. The van der Waals surface area contributed by atoms with Crippen molar-refractivity contribution in [3.8, 4) is 0 Å². The number of nitrogens with one attached hydrogen (secondary N) is 1. The second kappa shape index (κ2) is 7.31. The molecular formula is C10H16N6O2. The highest BCUT2D eigenvalue weighted by molar-refractivity contribution is 5.76. The van der Waals surface area contributed by atoms with E-state index in [4.69, 9.17) is 10.3 Å². The van der Waals surface area contributed by atoms with Gasteiger partial charge in [-0.25, -0.2) is 9.78 Å². The summed E-state index contributed by atoms with van der Waals surface area (Å²) in [5, 5.41) is 6.47. The summed E-state index contributed by atoms with van der Waals surface area (Å²) >= 11 is 0. The Hall–Kier alpha value is -2.05. The van der Waals surface area contributed by atoms with Crippen LogP contribution in [-0.2, 0) is 16.6 Å². The van der Waals surface area contributed by atoms with Gasteiger partial charge >= 0.3 is 5.97 Å². The van der Waals surface area contributed by atoms with E-state index in [1.165, 1.54) is 7.11 Å². The molecule has 0 fully saturated rings. The molecule has 0 radical (unpaired) electrons. The SMILES string of the molecule is COC(=O)C(NCCCN=[N+]=[N-])c1cncn1C. The Kier molecular flexibility index (Phi) is 5.69. The van der Waals surface area contributed by atoms with E-state index in [1.54, 1.807) is 24.1 Å². The lowest BCUT2D eigenvalue weighted by Crippen LogP contribution is -2.32. The van der Waals surface area contributed by atoms with E-state index in [-0.39, 0.29) is 5.97 Å². The molecule has 1 N–H and O–H groups in total. The standard InChI is InChI=1S/C10H16N6O2/c1-16-7-12-6-8(16)9(10(17)18-2)13-4-3-5-14-15-11/h6-7,9,13H,3-5H2,1-2H3. The molecule has 1 aromatic rings. The van der Waals surface area contributed by atoms with Crippen molar-refractivity contribution in [2.75, 3.05) is 20.2 Å². The number of carbonyl (C=O) groups is 1. The highest BCUT2D eigenvalue weighted by Gasteiger charge is 2.23. The van der Waals surface area contributed by atoms with Crippen molar-refractivity contribution in [1.29, 1.82) is 0 Å². The van der Waals surface area contributed by atoms with Crippen LogP contribution in [0.1, 0.15) is 18.2 Å². The third-order valence-corrected chi connectivity index (χ3v) is 2.43. The van der Waals surface area contributed by atoms with Gasteiger partial charge in [-0.3, -0.25) is 5.32 Å². The lowest BCUT2D eigenvalue weighted by atomic mass is 10.2. The highest BCUT2D eigenvalue weighted by Crippen LogP contribution is 2.13. The molecule has 1 aromatic heterocycles. The first-order chi connectivity index (χ1) is 8.70. The Balaban J connectivity index is 2.60. The molecule has 98 valence electrons. The second-order valence-corrected chi connectivity index (χ2v) is 3.65. The average molecular weight is 252 g/mol. The lowest BCUT2D eigenvalue weighted by molar-refractivity contribution is -0.143. The van der Waals surface area contributed by atoms with E-state index in [1.807, 2.05) is 0 Å². The first-order valence-corrected chi connectivity index (χ1v) is 5.49. The van der Waals surface area contributed by atoms with Crippen molar-refractivity contribution in [1.82, 2.24) is 14.9 Å². The molecule has 1 atom stereocenters. The second-order valence-electron chi connectivity index (χ2n) is 3.65. The van der Waals surface area contributed by atoms with Gasteiger partial charge in [-0.15, -0.1) is 0 Å². The molecule has 0 aromatic carbocycles. The van der Waals surface area contributed by atoms with Crippen LogP contribution in [0.5, 0.6) is 0 Å². The predicted octanol–water partition coefficient (Wildman–Crippen LogP) is 0.924. The zero-order valence-electron chi connectivity index (χ0n) is 10.4. The minimum atomic E-state index is -0.562. The van der Waals surface area contributed by atoms with Crippen LogP contribution >= 0.6 is 0 Å². The number of aromatic nitrogens is 2. The van der Waals surface area contributed by atoms with Crippen LogP contribution < -0.4 is 5.32 Å². The van der Waals surface area contributed by atoms with Crippen molar-refractivity contribution >= 4 is 5.97 Å². The minimum absolute atomic E-state index is 0.373. The zero-order chi connectivity index (χ0) is 13.4. The van der Waals surface area contributed by atoms with Crippen LogP contribution in [0.15, 0.2) is 17.6 Å². The Labute approximate surface area is 105 Å². The third kappa shape index (κ3) is 3.76. The maximum Gasteiger partial charge on any atom is 0.329 e. The van der Waals surface area contributed by atoms with Crippen LogP contribution in [0.25, 0.3) is 10.4 Å². The first kappa shape index (κ1) is 14.0. The summed E-state index contributed by atoms with van der Waals surface area (Å²) in [5.74, 6) is -0.373. The number of ether oxygens (including phenoxy) is 1. The summed E-state index contributed by atoms with van der Waals surface area (Å²) in [7, 11) is 3.15. The van der Waals surface area contributed by atoms with Gasteiger partial charge in [-0.05, 0) is 18.5 Å². The lowest BCUT2D eigenvalue weighted by Gasteiger charge is -2.16. The summed E-state index contributed by atoms with van der Waals surface area (Å²) in [6.07, 6.45) is 3.88. The summed E-state index contributed by atoms with van der Waals surface area (Å²) < 4.78 is 6.50. The van der Waals surface area contributed by atoms with Crippen LogP contribution in [0.4, 0.5) is 0 Å². The maximum absolute atomic E-state index is 11.7. The van der Waals surface area contributed by atoms with Crippen LogP contribution in [0.2, 0.25) is 0 Å². The molecule has 0 saturated carbocycles. The molecule has 0 bridgehead atoms. The van der Waals surface area contributed by atoms with Crippen molar-refractivity contribution < 1.29 is 9.53 Å². The van der Waals surface area contributed by atoms with Gasteiger partial charge in [0.15, 0.2) is 0 Å². The molecule has 18 heavy (non-hydrogen) atoms. The highest BCUT2D eigenvalue weighted by atomic mass is 16.5. The molecule has 0 amide bonds. The van der Waals surface area contributed by atoms with E-state index < -0.39 is 6.04 Å².